The lowest BCUT2D eigenvalue weighted by Gasteiger charge is -2.20. The zero-order valence-electron chi connectivity index (χ0n) is 11.3. The van der Waals surface area contributed by atoms with Crippen LogP contribution in [0.2, 0.25) is 0 Å². The summed E-state index contributed by atoms with van der Waals surface area (Å²) in [5, 5.41) is 9.81. The number of hydrogen-bond acceptors (Lipinski definition) is 3. The van der Waals surface area contributed by atoms with E-state index in [1.165, 1.54) is 0 Å². The lowest BCUT2D eigenvalue weighted by molar-refractivity contribution is 0.0635. The van der Waals surface area contributed by atoms with Gasteiger partial charge in [0.15, 0.2) is 0 Å². The van der Waals surface area contributed by atoms with Crippen LogP contribution in [-0.2, 0) is 4.74 Å². The maximum Gasteiger partial charge on any atom is 0.412 e. The Morgan fingerprint density at radius 3 is 2.40 bits per heavy atom. The summed E-state index contributed by atoms with van der Waals surface area (Å²) in [6.07, 6.45) is -0.911. The number of amides is 1. The number of halogens is 3. The number of carbonyl (C=O) groups is 1. The van der Waals surface area contributed by atoms with Gasteiger partial charge in [0.25, 0.3) is 0 Å². The van der Waals surface area contributed by atoms with Crippen LogP contribution in [0.5, 0.6) is 0 Å². The Morgan fingerprint density at radius 1 is 1.35 bits per heavy atom. The average molecular weight is 349 g/mol. The Hall–Kier alpha value is -1.50. The molecule has 0 saturated carbocycles. The summed E-state index contributed by atoms with van der Waals surface area (Å²) in [6.45, 7) is 4.95. The Bertz CT molecular complexity index is 542. The first-order chi connectivity index (χ1) is 9.15. The van der Waals surface area contributed by atoms with E-state index in [2.05, 4.69) is 21.2 Å². The lowest BCUT2D eigenvalue weighted by Crippen LogP contribution is -2.28. The fourth-order valence-corrected chi connectivity index (χ4v) is 1.72. The summed E-state index contributed by atoms with van der Waals surface area (Å²) >= 11 is 3.00. The Kier molecular flexibility index (Phi) is 5.21. The smallest absolute Gasteiger partial charge is 0.412 e. The molecular formula is C13H15BrF2N2O2. The number of nitrogens with one attached hydrogen (secondary N) is 2. The minimum Gasteiger partial charge on any atom is -0.444 e. The summed E-state index contributed by atoms with van der Waals surface area (Å²) in [6, 6.07) is 1.79. The molecule has 1 rings (SSSR count). The SMILES string of the molecule is CC(C)(C)OC(=O)Nc1c(F)ccc(F)c1C(=N)CBr. The van der Waals surface area contributed by atoms with Gasteiger partial charge in [-0.1, -0.05) is 15.9 Å². The molecule has 2 N–H and O–H groups in total. The van der Waals surface area contributed by atoms with E-state index in [0.29, 0.717) is 0 Å². The minimum absolute atomic E-state index is 0.0242. The molecule has 1 amide bonds. The maximum absolute atomic E-state index is 13.8. The molecule has 0 aliphatic rings. The molecule has 0 heterocycles. The molecule has 20 heavy (non-hydrogen) atoms. The van der Waals surface area contributed by atoms with Crippen LogP contribution >= 0.6 is 15.9 Å². The third kappa shape index (κ3) is 4.26. The molecule has 0 fully saturated rings. The zero-order valence-corrected chi connectivity index (χ0v) is 12.9. The lowest BCUT2D eigenvalue weighted by atomic mass is 10.1. The van der Waals surface area contributed by atoms with Crippen LogP contribution in [-0.4, -0.2) is 22.7 Å². The van der Waals surface area contributed by atoms with E-state index in [1.54, 1.807) is 20.8 Å². The fraction of sp³-hybridized carbons (Fsp3) is 0.385. The van der Waals surface area contributed by atoms with Crippen molar-refractivity contribution in [2.24, 2.45) is 0 Å². The fourth-order valence-electron chi connectivity index (χ4n) is 1.44. The Balaban J connectivity index is 3.14. The number of benzene rings is 1. The van der Waals surface area contributed by atoms with Crippen molar-refractivity contribution in [1.82, 2.24) is 0 Å². The van der Waals surface area contributed by atoms with Gasteiger partial charge in [-0.25, -0.2) is 13.6 Å². The van der Waals surface area contributed by atoms with Crippen molar-refractivity contribution in [3.05, 3.63) is 29.3 Å². The normalized spacial score (nSPS) is 11.1. The van der Waals surface area contributed by atoms with Gasteiger partial charge in [0.2, 0.25) is 0 Å². The number of rotatable bonds is 3. The third-order valence-corrected chi connectivity index (χ3v) is 2.73. The molecule has 7 heteroatoms. The Morgan fingerprint density at radius 2 is 1.90 bits per heavy atom. The van der Waals surface area contributed by atoms with Crippen LogP contribution in [0.3, 0.4) is 0 Å². The molecule has 0 aliphatic heterocycles. The number of anilines is 1. The van der Waals surface area contributed by atoms with Crippen LogP contribution in [0.1, 0.15) is 26.3 Å². The molecule has 0 atom stereocenters. The second-order valence-electron chi connectivity index (χ2n) is 5.02. The number of hydrogen-bond donors (Lipinski definition) is 2. The summed E-state index contributed by atoms with van der Waals surface area (Å²) in [4.78, 5) is 11.7. The van der Waals surface area contributed by atoms with Crippen molar-refractivity contribution in [2.45, 2.75) is 26.4 Å². The second kappa shape index (κ2) is 6.30. The van der Waals surface area contributed by atoms with E-state index in [4.69, 9.17) is 10.1 Å². The van der Waals surface area contributed by atoms with E-state index < -0.39 is 29.0 Å². The predicted molar refractivity (Wildman–Crippen MR) is 76.8 cm³/mol. The van der Waals surface area contributed by atoms with Crippen molar-refractivity contribution in [2.75, 3.05) is 10.6 Å². The van der Waals surface area contributed by atoms with Crippen molar-refractivity contribution in [3.63, 3.8) is 0 Å². The zero-order chi connectivity index (χ0) is 15.5. The molecule has 0 spiro atoms. The average Bonchev–Trinajstić information content (AvgIpc) is 2.31. The van der Waals surface area contributed by atoms with E-state index in [9.17, 15) is 13.6 Å². The van der Waals surface area contributed by atoms with Gasteiger partial charge in [0, 0.05) is 5.33 Å². The van der Waals surface area contributed by atoms with Crippen molar-refractivity contribution < 1.29 is 18.3 Å². The molecule has 0 aromatic heterocycles. The van der Waals surface area contributed by atoms with E-state index in [0.717, 1.165) is 12.1 Å². The van der Waals surface area contributed by atoms with E-state index >= 15 is 0 Å². The molecular weight excluding hydrogens is 334 g/mol. The first kappa shape index (κ1) is 16.6. The minimum atomic E-state index is -0.911. The van der Waals surface area contributed by atoms with Crippen LogP contribution in [0.4, 0.5) is 19.3 Å². The molecule has 1 aromatic carbocycles. The van der Waals surface area contributed by atoms with Gasteiger partial charge in [-0.2, -0.15) is 0 Å². The highest BCUT2D eigenvalue weighted by molar-refractivity contribution is 9.09. The van der Waals surface area contributed by atoms with Gasteiger partial charge in [0.05, 0.1) is 17.0 Å². The Labute approximate surface area is 124 Å². The molecule has 1 aromatic rings. The molecule has 0 radical (unpaired) electrons. The second-order valence-corrected chi connectivity index (χ2v) is 5.58. The number of alkyl halides is 1. The number of ether oxygens (including phenoxy) is 1. The van der Waals surface area contributed by atoms with Crippen LogP contribution in [0.15, 0.2) is 12.1 Å². The van der Waals surface area contributed by atoms with Crippen molar-refractivity contribution >= 4 is 33.4 Å². The summed E-state index contributed by atoms with van der Waals surface area (Å²) < 4.78 is 32.5. The van der Waals surface area contributed by atoms with Crippen LogP contribution in [0, 0.1) is 17.0 Å². The largest absolute Gasteiger partial charge is 0.444 e. The van der Waals surface area contributed by atoms with Gasteiger partial charge in [-0.05, 0) is 32.9 Å². The number of carbonyl (C=O) groups excluding carboxylic acids is 1. The highest BCUT2D eigenvalue weighted by Crippen LogP contribution is 2.25. The van der Waals surface area contributed by atoms with Crippen molar-refractivity contribution in [3.8, 4) is 0 Å². The first-order valence-corrected chi connectivity index (χ1v) is 6.89. The van der Waals surface area contributed by atoms with E-state index in [1.807, 2.05) is 0 Å². The third-order valence-electron chi connectivity index (χ3n) is 2.16. The molecule has 0 bridgehead atoms. The maximum atomic E-state index is 13.8. The topological polar surface area (TPSA) is 62.2 Å². The quantitative estimate of drug-likeness (QED) is 0.638. The molecule has 0 saturated heterocycles. The molecule has 4 nitrogen and oxygen atoms in total. The first-order valence-electron chi connectivity index (χ1n) is 5.77. The van der Waals surface area contributed by atoms with Gasteiger partial charge in [0.1, 0.15) is 17.2 Å². The van der Waals surface area contributed by atoms with Gasteiger partial charge in [-0.3, -0.25) is 5.32 Å². The highest BCUT2D eigenvalue weighted by Gasteiger charge is 2.22. The molecule has 110 valence electrons. The van der Waals surface area contributed by atoms with Gasteiger partial charge >= 0.3 is 6.09 Å². The summed E-state index contributed by atoms with van der Waals surface area (Å²) in [5.41, 5.74) is -1.65. The van der Waals surface area contributed by atoms with Crippen LogP contribution in [0.25, 0.3) is 0 Å². The van der Waals surface area contributed by atoms with Crippen molar-refractivity contribution in [1.29, 1.82) is 5.41 Å². The van der Waals surface area contributed by atoms with Gasteiger partial charge in [-0.15, -0.1) is 0 Å². The molecule has 0 unspecified atom stereocenters. The monoisotopic (exact) mass is 348 g/mol. The highest BCUT2D eigenvalue weighted by atomic mass is 79.9. The predicted octanol–water partition coefficient (Wildman–Crippen LogP) is 4.07. The van der Waals surface area contributed by atoms with Gasteiger partial charge < -0.3 is 10.1 Å². The van der Waals surface area contributed by atoms with Crippen LogP contribution < -0.4 is 5.32 Å². The summed E-state index contributed by atoms with van der Waals surface area (Å²) in [7, 11) is 0. The summed E-state index contributed by atoms with van der Waals surface area (Å²) in [5.74, 6) is -1.63. The molecule has 0 aliphatic carbocycles. The van der Waals surface area contributed by atoms with E-state index in [-0.39, 0.29) is 16.6 Å². The standard InChI is InChI=1S/C13H15BrF2N2O2/c1-13(2,3)20-12(19)18-11-8(16)5-4-7(15)10(11)9(17)6-14/h4-5,17H,6H2,1-3H3,(H,18,19).